The quantitative estimate of drug-likeness (QED) is 0.318. The number of hydrogen-bond donors (Lipinski definition) is 4. The second kappa shape index (κ2) is 6.36. The summed E-state index contributed by atoms with van der Waals surface area (Å²) in [6.45, 7) is 5.11. The van der Waals surface area contributed by atoms with Crippen molar-refractivity contribution in [2.75, 3.05) is 0 Å². The zero-order chi connectivity index (χ0) is 15.3. The van der Waals surface area contributed by atoms with Gasteiger partial charge in [0.05, 0.1) is 5.71 Å². The van der Waals surface area contributed by atoms with Crippen LogP contribution >= 0.6 is 0 Å². The maximum atomic E-state index is 11.8. The maximum Gasteiger partial charge on any atom is 0.332 e. The number of rotatable bonds is 5. The number of nitrogens with two attached hydrogens (primary N) is 1. The van der Waals surface area contributed by atoms with E-state index < -0.39 is 23.2 Å². The van der Waals surface area contributed by atoms with E-state index in [9.17, 15) is 19.5 Å². The van der Waals surface area contributed by atoms with E-state index in [2.05, 4.69) is 16.7 Å². The van der Waals surface area contributed by atoms with Gasteiger partial charge >= 0.3 is 11.7 Å². The smallest absolute Gasteiger partial charge is 0.332 e. The average molecular weight is 281 g/mol. The Bertz CT molecular complexity index is 670. The molecule has 20 heavy (non-hydrogen) atoms. The molecule has 0 bridgehead atoms. The Morgan fingerprint density at radius 2 is 2.25 bits per heavy atom. The first-order valence-electron chi connectivity index (χ1n) is 5.71. The lowest BCUT2D eigenvalue weighted by atomic mass is 10.1. The van der Waals surface area contributed by atoms with Gasteiger partial charge in [-0.1, -0.05) is 13.0 Å². The van der Waals surface area contributed by atoms with Crippen molar-refractivity contribution in [3.63, 3.8) is 0 Å². The molecule has 108 valence electrons. The van der Waals surface area contributed by atoms with Crippen molar-refractivity contribution in [3.05, 3.63) is 39.1 Å². The third kappa shape index (κ3) is 3.13. The number of H-pyrrole nitrogens is 1. The first-order chi connectivity index (χ1) is 9.42. The van der Waals surface area contributed by atoms with Gasteiger partial charge < -0.3 is 10.8 Å². The minimum absolute atomic E-state index is 0.00862. The fraction of sp³-hybridized carbons (Fsp3) is 0.273. The Balaban J connectivity index is 3.50. The third-order valence-electron chi connectivity index (χ3n) is 2.41. The van der Waals surface area contributed by atoms with Crippen LogP contribution in [0, 0.1) is 0 Å². The van der Waals surface area contributed by atoms with Gasteiger partial charge in [-0.15, -0.1) is 6.58 Å². The highest BCUT2D eigenvalue weighted by Crippen LogP contribution is 2.12. The number of primary amides is 1. The first kappa shape index (κ1) is 15.2. The van der Waals surface area contributed by atoms with Gasteiger partial charge in [-0.2, -0.15) is 5.10 Å². The zero-order valence-electron chi connectivity index (χ0n) is 10.8. The van der Waals surface area contributed by atoms with Crippen LogP contribution in [0.25, 0.3) is 0 Å². The topological polar surface area (TPSA) is 143 Å². The normalized spacial score (nSPS) is 11.2. The lowest BCUT2D eigenvalue weighted by Crippen LogP contribution is -2.34. The van der Waals surface area contributed by atoms with Crippen molar-refractivity contribution in [1.29, 1.82) is 0 Å². The molecule has 0 aliphatic heterocycles. The van der Waals surface area contributed by atoms with E-state index in [1.54, 1.807) is 6.92 Å². The monoisotopic (exact) mass is 281 g/mol. The van der Waals surface area contributed by atoms with Gasteiger partial charge in [0, 0.05) is 6.54 Å². The molecule has 5 N–H and O–H groups in total. The molecule has 1 aromatic heterocycles. The predicted octanol–water partition coefficient (Wildman–Crippen LogP) is -0.789. The Labute approximate surface area is 113 Å². The number of hydrazone groups is 1. The summed E-state index contributed by atoms with van der Waals surface area (Å²) < 4.78 is 0.916. The van der Waals surface area contributed by atoms with E-state index in [4.69, 9.17) is 5.73 Å². The Kier molecular flexibility index (Phi) is 4.84. The molecule has 0 aliphatic carbocycles. The summed E-state index contributed by atoms with van der Waals surface area (Å²) in [5.74, 6) is -0.550. The fourth-order valence-corrected chi connectivity index (χ4v) is 1.55. The highest BCUT2D eigenvalue weighted by Gasteiger charge is 2.18. The molecule has 9 nitrogen and oxygen atoms in total. The average Bonchev–Trinajstić information content (AvgIpc) is 2.37. The van der Waals surface area contributed by atoms with Gasteiger partial charge in [0.15, 0.2) is 0 Å². The highest BCUT2D eigenvalue weighted by molar-refractivity contribution is 6.02. The summed E-state index contributed by atoms with van der Waals surface area (Å²) >= 11 is 0. The molecule has 1 heterocycles. The minimum Gasteiger partial charge on any atom is -0.494 e. The SMILES string of the molecule is C=CCn1c(O)c(/C(CC)=N\NC(N)=O)c(=O)[nH]c1=O. The number of hydrogen-bond acceptors (Lipinski definition) is 5. The fourth-order valence-electron chi connectivity index (χ4n) is 1.55. The van der Waals surface area contributed by atoms with E-state index in [1.807, 2.05) is 5.43 Å². The number of aromatic nitrogens is 2. The lowest BCUT2D eigenvalue weighted by Gasteiger charge is -2.10. The van der Waals surface area contributed by atoms with E-state index in [1.165, 1.54) is 6.08 Å². The van der Waals surface area contributed by atoms with Crippen molar-refractivity contribution in [3.8, 4) is 5.88 Å². The highest BCUT2D eigenvalue weighted by atomic mass is 16.3. The number of carbonyl (C=O) groups excluding carboxylic acids is 1. The molecule has 2 amide bonds. The first-order valence-corrected chi connectivity index (χ1v) is 5.71. The van der Waals surface area contributed by atoms with Crippen LogP contribution in [-0.2, 0) is 6.54 Å². The number of nitrogens with zero attached hydrogens (tertiary/aromatic N) is 2. The lowest BCUT2D eigenvalue weighted by molar-refractivity contribution is 0.249. The van der Waals surface area contributed by atoms with E-state index in [0.717, 1.165) is 4.57 Å². The largest absolute Gasteiger partial charge is 0.494 e. The molecule has 9 heteroatoms. The number of aromatic amines is 1. The number of amides is 2. The number of carbonyl (C=O) groups is 1. The standard InChI is InChI=1S/C11H15N5O4/c1-3-5-16-9(18)7(8(17)13-11(16)20)6(4-2)14-15-10(12)19/h3,18H,1,4-5H2,2H3,(H3,12,15,19)(H,13,17,20)/b14-6-. The zero-order valence-corrected chi connectivity index (χ0v) is 10.8. The van der Waals surface area contributed by atoms with Crippen molar-refractivity contribution in [2.45, 2.75) is 19.9 Å². The van der Waals surface area contributed by atoms with E-state index in [-0.39, 0.29) is 24.2 Å². The van der Waals surface area contributed by atoms with E-state index >= 15 is 0 Å². The molecule has 0 saturated carbocycles. The second-order valence-electron chi connectivity index (χ2n) is 3.75. The molecule has 0 aliphatic rings. The van der Waals surface area contributed by atoms with Gasteiger partial charge in [0.2, 0.25) is 5.88 Å². The van der Waals surface area contributed by atoms with Gasteiger partial charge in [-0.25, -0.2) is 15.0 Å². The summed E-state index contributed by atoms with van der Waals surface area (Å²) in [4.78, 5) is 36.0. The molecule has 0 saturated heterocycles. The van der Waals surface area contributed by atoms with Gasteiger partial charge in [-0.3, -0.25) is 14.3 Å². The maximum absolute atomic E-state index is 11.8. The Morgan fingerprint density at radius 1 is 1.60 bits per heavy atom. The summed E-state index contributed by atoms with van der Waals surface area (Å²) in [7, 11) is 0. The molecule has 0 fully saturated rings. The molecule has 1 rings (SSSR count). The van der Waals surface area contributed by atoms with Crippen LogP contribution in [0.2, 0.25) is 0 Å². The van der Waals surface area contributed by atoms with Crippen molar-refractivity contribution < 1.29 is 9.90 Å². The Morgan fingerprint density at radius 3 is 2.75 bits per heavy atom. The number of nitrogens with one attached hydrogen (secondary N) is 2. The molecule has 0 aromatic carbocycles. The number of urea groups is 1. The summed E-state index contributed by atoms with van der Waals surface area (Å²) in [5.41, 5.74) is 5.15. The molecular formula is C11H15N5O4. The van der Waals surface area contributed by atoms with Crippen LogP contribution in [-0.4, -0.2) is 26.4 Å². The predicted molar refractivity (Wildman–Crippen MR) is 72.7 cm³/mol. The molecule has 1 aromatic rings. The van der Waals surface area contributed by atoms with Crippen LogP contribution < -0.4 is 22.4 Å². The van der Waals surface area contributed by atoms with Crippen LogP contribution in [0.5, 0.6) is 5.88 Å². The van der Waals surface area contributed by atoms with E-state index in [0.29, 0.717) is 0 Å². The van der Waals surface area contributed by atoms with Crippen LogP contribution in [0.15, 0.2) is 27.3 Å². The third-order valence-corrected chi connectivity index (χ3v) is 2.41. The molecule has 0 atom stereocenters. The summed E-state index contributed by atoms with van der Waals surface area (Å²) in [6, 6.07) is -0.911. The van der Waals surface area contributed by atoms with Gasteiger partial charge in [-0.05, 0) is 6.42 Å². The van der Waals surface area contributed by atoms with Crippen LogP contribution in [0.1, 0.15) is 18.9 Å². The van der Waals surface area contributed by atoms with Crippen LogP contribution in [0.3, 0.4) is 0 Å². The Hall–Kier alpha value is -2.84. The molecule has 0 radical (unpaired) electrons. The molecular weight excluding hydrogens is 266 g/mol. The summed E-state index contributed by atoms with van der Waals surface area (Å²) in [5, 5.41) is 13.7. The second-order valence-corrected chi connectivity index (χ2v) is 3.75. The van der Waals surface area contributed by atoms with Crippen LogP contribution in [0.4, 0.5) is 4.79 Å². The molecule has 0 unspecified atom stereocenters. The van der Waals surface area contributed by atoms with Crippen molar-refractivity contribution in [2.24, 2.45) is 10.8 Å². The number of aromatic hydroxyl groups is 1. The number of allylic oxidation sites excluding steroid dienone is 1. The van der Waals surface area contributed by atoms with Gasteiger partial charge in [0.25, 0.3) is 5.56 Å². The molecule has 0 spiro atoms. The van der Waals surface area contributed by atoms with Gasteiger partial charge in [0.1, 0.15) is 5.56 Å². The summed E-state index contributed by atoms with van der Waals surface area (Å²) in [6.07, 6.45) is 1.61. The van der Waals surface area contributed by atoms with Crippen molar-refractivity contribution >= 4 is 11.7 Å². The minimum atomic E-state index is -0.911. The van der Waals surface area contributed by atoms with Crippen molar-refractivity contribution in [1.82, 2.24) is 15.0 Å².